The van der Waals surface area contributed by atoms with E-state index >= 15 is 0 Å². The van der Waals surface area contributed by atoms with Crippen LogP contribution in [0.1, 0.15) is 5.56 Å². The number of hydrogen-bond acceptors (Lipinski definition) is 5. The quantitative estimate of drug-likeness (QED) is 0.359. The molecule has 100 valence electrons. The molecule has 1 aromatic carbocycles. The predicted molar refractivity (Wildman–Crippen MR) is 60.8 cm³/mol. The van der Waals surface area contributed by atoms with E-state index in [4.69, 9.17) is 9.47 Å². The van der Waals surface area contributed by atoms with Crippen molar-refractivity contribution in [3.8, 4) is 0 Å². The minimum Gasteiger partial charge on any atom is -0.340 e. The lowest BCUT2D eigenvalue weighted by Gasteiger charge is -2.31. The standard InChI is InChI=1S/C9H12NO7P/c1-16-9(17-2,18(13,14)15)7-3-5-8(6-4-7)10(11)12/h3-6H,1-2H3,(H2,13,14,15). The van der Waals surface area contributed by atoms with Gasteiger partial charge in [-0.3, -0.25) is 14.7 Å². The van der Waals surface area contributed by atoms with E-state index in [0.717, 1.165) is 26.4 Å². The molecule has 9 heteroatoms. The average Bonchev–Trinajstić information content (AvgIpc) is 2.30. The van der Waals surface area contributed by atoms with Crippen molar-refractivity contribution in [2.24, 2.45) is 0 Å². The first kappa shape index (κ1) is 14.7. The highest BCUT2D eigenvalue weighted by atomic mass is 31.2. The smallest absolute Gasteiger partial charge is 0.340 e. The molecular weight excluding hydrogens is 265 g/mol. The van der Waals surface area contributed by atoms with E-state index in [-0.39, 0.29) is 11.3 Å². The van der Waals surface area contributed by atoms with E-state index in [2.05, 4.69) is 0 Å². The minimum absolute atomic E-state index is 0.00793. The third-order valence-corrected chi connectivity index (χ3v) is 3.77. The van der Waals surface area contributed by atoms with Gasteiger partial charge < -0.3 is 19.3 Å². The van der Waals surface area contributed by atoms with Crippen molar-refractivity contribution in [3.63, 3.8) is 0 Å². The number of methoxy groups -OCH3 is 2. The van der Waals surface area contributed by atoms with Crippen molar-refractivity contribution in [2.75, 3.05) is 14.2 Å². The van der Waals surface area contributed by atoms with Crippen molar-refractivity contribution in [1.29, 1.82) is 0 Å². The highest BCUT2D eigenvalue weighted by molar-refractivity contribution is 7.52. The number of non-ortho nitro benzene ring substituents is 1. The van der Waals surface area contributed by atoms with E-state index in [9.17, 15) is 24.5 Å². The van der Waals surface area contributed by atoms with Gasteiger partial charge in [0.15, 0.2) is 0 Å². The van der Waals surface area contributed by atoms with Gasteiger partial charge in [0.2, 0.25) is 0 Å². The van der Waals surface area contributed by atoms with Crippen LogP contribution in [0.15, 0.2) is 24.3 Å². The molecule has 18 heavy (non-hydrogen) atoms. The number of nitro groups is 1. The van der Waals surface area contributed by atoms with Crippen LogP contribution >= 0.6 is 7.60 Å². The van der Waals surface area contributed by atoms with E-state index in [1.54, 1.807) is 0 Å². The molecule has 1 aromatic rings. The molecule has 0 aliphatic heterocycles. The summed E-state index contributed by atoms with van der Waals surface area (Å²) in [5.74, 6) is 0. The van der Waals surface area contributed by atoms with Gasteiger partial charge in [-0.25, -0.2) is 0 Å². The Bertz CT molecular complexity index is 476. The summed E-state index contributed by atoms with van der Waals surface area (Å²) < 4.78 is 21.0. The van der Waals surface area contributed by atoms with Gasteiger partial charge in [0.05, 0.1) is 4.92 Å². The Hall–Kier alpha value is -1.31. The number of benzene rings is 1. The average molecular weight is 277 g/mol. The molecule has 0 saturated carbocycles. The molecule has 0 fully saturated rings. The van der Waals surface area contributed by atoms with Gasteiger partial charge >= 0.3 is 7.60 Å². The van der Waals surface area contributed by atoms with Gasteiger partial charge in [-0.05, 0) is 12.1 Å². The summed E-state index contributed by atoms with van der Waals surface area (Å²) in [5.41, 5.74) is -2.47. The van der Waals surface area contributed by atoms with Gasteiger partial charge in [0.25, 0.3) is 11.2 Å². The fourth-order valence-corrected chi connectivity index (χ4v) is 2.48. The Morgan fingerprint density at radius 3 is 1.94 bits per heavy atom. The third kappa shape index (κ3) is 2.43. The number of nitrogens with zero attached hydrogens (tertiary/aromatic N) is 1. The Morgan fingerprint density at radius 2 is 1.67 bits per heavy atom. The second kappa shape index (κ2) is 5.13. The molecule has 0 aliphatic carbocycles. The first-order valence-corrected chi connectivity index (χ1v) is 6.30. The van der Waals surface area contributed by atoms with Gasteiger partial charge in [0, 0.05) is 31.9 Å². The van der Waals surface area contributed by atoms with Crippen LogP contribution in [0.25, 0.3) is 0 Å². The highest BCUT2D eigenvalue weighted by Crippen LogP contribution is 2.57. The van der Waals surface area contributed by atoms with E-state index in [1.165, 1.54) is 12.1 Å². The number of nitro benzene ring substituents is 1. The summed E-state index contributed by atoms with van der Waals surface area (Å²) >= 11 is 0. The SMILES string of the molecule is COC(OC)(c1ccc([N+](=O)[O-])cc1)P(=O)(O)O. The van der Waals surface area contributed by atoms with Crippen LogP contribution in [0, 0.1) is 10.1 Å². The van der Waals surface area contributed by atoms with Crippen molar-refractivity contribution < 1.29 is 28.7 Å². The first-order valence-electron chi connectivity index (χ1n) is 4.69. The maximum absolute atomic E-state index is 11.4. The normalized spacial score (nSPS) is 12.4. The summed E-state index contributed by atoms with van der Waals surface area (Å²) in [6, 6.07) is 4.56. The predicted octanol–water partition coefficient (Wildman–Crippen LogP) is 1.18. The molecule has 0 amide bonds. The third-order valence-electron chi connectivity index (χ3n) is 2.38. The Balaban J connectivity index is 3.32. The van der Waals surface area contributed by atoms with Gasteiger partial charge in [-0.15, -0.1) is 0 Å². The van der Waals surface area contributed by atoms with Gasteiger partial charge in [0.1, 0.15) is 0 Å². The van der Waals surface area contributed by atoms with E-state index < -0.39 is 18.0 Å². The molecular formula is C9H12NO7P. The Labute approximate surface area is 102 Å². The van der Waals surface area contributed by atoms with Crippen LogP contribution < -0.4 is 0 Å². The highest BCUT2D eigenvalue weighted by Gasteiger charge is 2.50. The van der Waals surface area contributed by atoms with Gasteiger partial charge in [-0.1, -0.05) is 0 Å². The molecule has 0 unspecified atom stereocenters. The van der Waals surface area contributed by atoms with Crippen LogP contribution in [0.3, 0.4) is 0 Å². The maximum atomic E-state index is 11.4. The molecule has 0 bridgehead atoms. The van der Waals surface area contributed by atoms with Crippen molar-refractivity contribution in [2.45, 2.75) is 5.53 Å². The Morgan fingerprint density at radius 1 is 1.22 bits per heavy atom. The molecule has 0 heterocycles. The molecule has 8 nitrogen and oxygen atoms in total. The molecule has 0 radical (unpaired) electrons. The van der Waals surface area contributed by atoms with Crippen molar-refractivity contribution in [3.05, 3.63) is 39.9 Å². The lowest BCUT2D eigenvalue weighted by molar-refractivity contribution is -0.384. The van der Waals surface area contributed by atoms with Crippen LogP contribution in [-0.2, 0) is 19.6 Å². The summed E-state index contributed by atoms with van der Waals surface area (Å²) in [6.45, 7) is 0. The summed E-state index contributed by atoms with van der Waals surface area (Å²) in [7, 11) is -2.64. The minimum atomic E-state index is -4.78. The molecule has 0 spiro atoms. The Kier molecular flexibility index (Phi) is 4.20. The van der Waals surface area contributed by atoms with E-state index in [0.29, 0.717) is 0 Å². The zero-order valence-electron chi connectivity index (χ0n) is 9.64. The summed E-state index contributed by atoms with van der Waals surface area (Å²) in [4.78, 5) is 28.4. The van der Waals surface area contributed by atoms with E-state index in [1.807, 2.05) is 0 Å². The van der Waals surface area contributed by atoms with Crippen LogP contribution in [0.5, 0.6) is 0 Å². The van der Waals surface area contributed by atoms with Gasteiger partial charge in [-0.2, -0.15) is 0 Å². The number of rotatable bonds is 5. The largest absolute Gasteiger partial charge is 0.389 e. The summed E-state index contributed by atoms with van der Waals surface area (Å²) in [5, 5.41) is 10.5. The molecule has 0 saturated heterocycles. The molecule has 1 rings (SSSR count). The van der Waals surface area contributed by atoms with Crippen LogP contribution in [0.4, 0.5) is 5.69 Å². The zero-order valence-corrected chi connectivity index (χ0v) is 10.5. The van der Waals surface area contributed by atoms with Crippen LogP contribution in [0.2, 0.25) is 0 Å². The second-order valence-electron chi connectivity index (χ2n) is 3.34. The summed E-state index contributed by atoms with van der Waals surface area (Å²) in [6.07, 6.45) is 0. The molecule has 2 N–H and O–H groups in total. The zero-order chi connectivity index (χ0) is 14.0. The monoisotopic (exact) mass is 277 g/mol. The lowest BCUT2D eigenvalue weighted by atomic mass is 10.2. The van der Waals surface area contributed by atoms with Crippen molar-refractivity contribution in [1.82, 2.24) is 0 Å². The first-order chi connectivity index (χ1) is 8.28. The molecule has 0 aromatic heterocycles. The lowest BCUT2D eigenvalue weighted by Crippen LogP contribution is -2.30. The fourth-order valence-electron chi connectivity index (χ4n) is 1.52. The van der Waals surface area contributed by atoms with Crippen molar-refractivity contribution >= 4 is 13.3 Å². The van der Waals surface area contributed by atoms with Crippen LogP contribution in [-0.4, -0.2) is 28.9 Å². The fraction of sp³-hybridized carbons (Fsp3) is 0.333. The maximum Gasteiger partial charge on any atom is 0.389 e. The number of hydrogen-bond donors (Lipinski definition) is 2. The molecule has 0 aliphatic rings. The molecule has 0 atom stereocenters. The topological polar surface area (TPSA) is 119 Å². The second-order valence-corrected chi connectivity index (χ2v) is 5.01. The number of ether oxygens (including phenoxy) is 2.